The average Bonchev–Trinajstić information content (AvgIpc) is 3.41. The Hall–Kier alpha value is -2.67. The van der Waals surface area contributed by atoms with Gasteiger partial charge in [-0.1, -0.05) is 20.8 Å². The lowest BCUT2D eigenvalue weighted by atomic mass is 9.97. The summed E-state index contributed by atoms with van der Waals surface area (Å²) in [6.45, 7) is 8.45. The van der Waals surface area contributed by atoms with Gasteiger partial charge in [-0.25, -0.2) is 9.97 Å². The minimum absolute atomic E-state index is 0.00744. The molecule has 4 rings (SSSR count). The smallest absolute Gasteiger partial charge is 0.225 e. The van der Waals surface area contributed by atoms with Crippen LogP contribution in [0.2, 0.25) is 0 Å². The Morgan fingerprint density at radius 1 is 1.18 bits per heavy atom. The first-order valence-corrected chi connectivity index (χ1v) is 12.4. The summed E-state index contributed by atoms with van der Waals surface area (Å²) in [6, 6.07) is 5.97. The molecule has 1 aliphatic rings. The van der Waals surface area contributed by atoms with Crippen LogP contribution in [0.5, 0.6) is 11.5 Å². The number of benzene rings is 1. The van der Waals surface area contributed by atoms with Gasteiger partial charge in [0.2, 0.25) is 5.91 Å². The fraction of sp³-hybridized carbons (Fsp3) is 0.500. The predicted octanol–water partition coefficient (Wildman–Crippen LogP) is 5.68. The highest BCUT2D eigenvalue weighted by molar-refractivity contribution is 7.13. The van der Waals surface area contributed by atoms with Gasteiger partial charge in [0.25, 0.3) is 0 Å². The van der Waals surface area contributed by atoms with E-state index in [1.165, 1.54) is 0 Å². The lowest BCUT2D eigenvalue weighted by molar-refractivity contribution is -0.134. The Morgan fingerprint density at radius 2 is 1.94 bits per heavy atom. The molecule has 0 aliphatic heterocycles. The van der Waals surface area contributed by atoms with E-state index in [1.54, 1.807) is 23.3 Å². The molecular formula is C26H33N3O3S. The van der Waals surface area contributed by atoms with Crippen LogP contribution in [0, 0.1) is 18.8 Å². The molecule has 0 spiro atoms. The van der Waals surface area contributed by atoms with Gasteiger partial charge in [-0.2, -0.15) is 0 Å². The molecule has 2 aromatic heterocycles. The number of aryl methyl sites for hydroxylation is 1. The van der Waals surface area contributed by atoms with Crippen molar-refractivity contribution < 1.29 is 14.3 Å². The molecule has 0 N–H and O–H groups in total. The summed E-state index contributed by atoms with van der Waals surface area (Å²) in [5.74, 6) is 2.40. The van der Waals surface area contributed by atoms with E-state index in [2.05, 4.69) is 26.2 Å². The number of carbonyl (C=O) groups excluding carboxylic acids is 1. The fourth-order valence-electron chi connectivity index (χ4n) is 4.62. The van der Waals surface area contributed by atoms with Crippen molar-refractivity contribution in [3.8, 4) is 22.2 Å². The SMILES string of the molecule is COc1ccc2c(O[C@H]3C[C@@H](C)[C@H](C(=O)N(C)C)C3)cc(-c3nc(C(C)C)cs3)nc2c1C. The van der Waals surface area contributed by atoms with Crippen LogP contribution < -0.4 is 9.47 Å². The van der Waals surface area contributed by atoms with E-state index in [0.29, 0.717) is 5.92 Å². The van der Waals surface area contributed by atoms with Gasteiger partial charge in [0.05, 0.1) is 24.4 Å². The van der Waals surface area contributed by atoms with Gasteiger partial charge in [-0.3, -0.25) is 4.79 Å². The second-order valence-electron chi connectivity index (χ2n) is 9.55. The van der Waals surface area contributed by atoms with Gasteiger partial charge < -0.3 is 14.4 Å². The Labute approximate surface area is 200 Å². The Balaban J connectivity index is 1.75. The van der Waals surface area contributed by atoms with Crippen molar-refractivity contribution in [1.82, 2.24) is 14.9 Å². The van der Waals surface area contributed by atoms with Gasteiger partial charge in [-0.15, -0.1) is 11.3 Å². The highest BCUT2D eigenvalue weighted by atomic mass is 32.1. The molecule has 0 saturated heterocycles. The highest BCUT2D eigenvalue weighted by Gasteiger charge is 2.38. The number of methoxy groups -OCH3 is 1. The van der Waals surface area contributed by atoms with E-state index in [4.69, 9.17) is 19.4 Å². The van der Waals surface area contributed by atoms with Crippen LogP contribution in [0.25, 0.3) is 21.6 Å². The first-order valence-electron chi connectivity index (χ1n) is 11.5. The maximum atomic E-state index is 12.6. The molecule has 1 saturated carbocycles. The highest BCUT2D eigenvalue weighted by Crippen LogP contribution is 2.40. The fourth-order valence-corrected chi connectivity index (χ4v) is 5.56. The third kappa shape index (κ3) is 4.56. The number of aromatic nitrogens is 2. The van der Waals surface area contributed by atoms with Crippen LogP contribution in [-0.2, 0) is 4.79 Å². The molecule has 0 radical (unpaired) electrons. The Kier molecular flexibility index (Phi) is 6.61. The van der Waals surface area contributed by atoms with Crippen LogP contribution in [0.1, 0.15) is 50.8 Å². The van der Waals surface area contributed by atoms with Crippen molar-refractivity contribution in [3.63, 3.8) is 0 Å². The monoisotopic (exact) mass is 467 g/mol. The van der Waals surface area contributed by atoms with E-state index >= 15 is 0 Å². The number of hydrogen-bond acceptors (Lipinski definition) is 6. The van der Waals surface area contributed by atoms with Gasteiger partial charge in [0.1, 0.15) is 22.2 Å². The standard InChI is InChI=1S/C26H33N3O3S/c1-14(2)21-13-33-25(28-21)20-12-23(18-8-9-22(31-7)16(4)24(18)27-20)32-17-10-15(3)19(11-17)26(30)29(5)6/h8-9,12-15,17,19H,10-11H2,1-7H3/t15-,17+,19-/m1/s1. The third-order valence-electron chi connectivity index (χ3n) is 6.59. The van der Waals surface area contributed by atoms with Crippen molar-refractivity contribution in [1.29, 1.82) is 0 Å². The first kappa shape index (κ1) is 23.5. The maximum Gasteiger partial charge on any atom is 0.225 e. The summed E-state index contributed by atoms with van der Waals surface area (Å²) in [6.07, 6.45) is 1.56. The van der Waals surface area contributed by atoms with Crippen molar-refractivity contribution >= 4 is 28.1 Å². The summed E-state index contributed by atoms with van der Waals surface area (Å²) in [7, 11) is 5.32. The van der Waals surface area contributed by atoms with Crippen LogP contribution in [-0.4, -0.2) is 48.1 Å². The number of hydrogen-bond donors (Lipinski definition) is 0. The normalized spacial score (nSPS) is 20.4. The molecular weight excluding hydrogens is 434 g/mol. The van der Waals surface area contributed by atoms with Crippen LogP contribution >= 0.6 is 11.3 Å². The summed E-state index contributed by atoms with van der Waals surface area (Å²) >= 11 is 1.60. The number of ether oxygens (including phenoxy) is 2. The molecule has 6 nitrogen and oxygen atoms in total. The van der Waals surface area contributed by atoms with Crippen LogP contribution in [0.3, 0.4) is 0 Å². The molecule has 3 atom stereocenters. The summed E-state index contributed by atoms with van der Waals surface area (Å²) in [5, 5.41) is 3.93. The maximum absolute atomic E-state index is 12.6. The number of nitrogens with zero attached hydrogens (tertiary/aromatic N) is 3. The summed E-state index contributed by atoms with van der Waals surface area (Å²) in [4.78, 5) is 24.1. The van der Waals surface area contributed by atoms with Gasteiger partial charge in [-0.05, 0) is 43.7 Å². The Bertz CT molecular complexity index is 1170. The number of carbonyl (C=O) groups is 1. The van der Waals surface area contributed by atoms with E-state index < -0.39 is 0 Å². The number of fused-ring (bicyclic) bond motifs is 1. The zero-order valence-corrected chi connectivity index (χ0v) is 21.3. The molecule has 1 amide bonds. The van der Waals surface area contributed by atoms with Crippen LogP contribution in [0.15, 0.2) is 23.6 Å². The molecule has 1 aromatic carbocycles. The molecule has 176 valence electrons. The minimum Gasteiger partial charge on any atom is -0.496 e. The van der Waals surface area contributed by atoms with Gasteiger partial charge >= 0.3 is 0 Å². The minimum atomic E-state index is -0.0164. The second kappa shape index (κ2) is 9.29. The van der Waals surface area contributed by atoms with Crippen molar-refractivity contribution in [2.24, 2.45) is 11.8 Å². The predicted molar refractivity (Wildman–Crippen MR) is 133 cm³/mol. The van der Waals surface area contributed by atoms with E-state index in [0.717, 1.165) is 57.2 Å². The zero-order valence-electron chi connectivity index (χ0n) is 20.5. The molecule has 1 aliphatic carbocycles. The van der Waals surface area contributed by atoms with E-state index in [-0.39, 0.29) is 23.8 Å². The van der Waals surface area contributed by atoms with Crippen molar-refractivity contribution in [3.05, 3.63) is 34.8 Å². The molecule has 0 unspecified atom stereocenters. The first-order chi connectivity index (χ1) is 15.7. The third-order valence-corrected chi connectivity index (χ3v) is 7.47. The number of rotatable bonds is 6. The molecule has 2 heterocycles. The number of pyridine rings is 1. The molecule has 0 bridgehead atoms. The van der Waals surface area contributed by atoms with Crippen LogP contribution in [0.4, 0.5) is 0 Å². The largest absolute Gasteiger partial charge is 0.496 e. The summed E-state index contributed by atoms with van der Waals surface area (Å²) in [5.41, 5.74) is 3.70. The quantitative estimate of drug-likeness (QED) is 0.467. The zero-order chi connectivity index (χ0) is 23.9. The van der Waals surface area contributed by atoms with Crippen molar-refractivity contribution in [2.45, 2.75) is 52.6 Å². The lowest BCUT2D eigenvalue weighted by Gasteiger charge is -2.19. The topological polar surface area (TPSA) is 64.6 Å². The Morgan fingerprint density at radius 3 is 2.58 bits per heavy atom. The lowest BCUT2D eigenvalue weighted by Crippen LogP contribution is -2.31. The van der Waals surface area contributed by atoms with Gasteiger partial charge in [0.15, 0.2) is 0 Å². The van der Waals surface area contributed by atoms with Gasteiger partial charge in [0, 0.05) is 42.4 Å². The second-order valence-corrected chi connectivity index (χ2v) is 10.4. The molecule has 3 aromatic rings. The number of amides is 1. The summed E-state index contributed by atoms with van der Waals surface area (Å²) < 4.78 is 12.1. The number of thiazole rings is 1. The average molecular weight is 468 g/mol. The molecule has 7 heteroatoms. The van der Waals surface area contributed by atoms with Crippen molar-refractivity contribution in [2.75, 3.05) is 21.2 Å². The molecule has 33 heavy (non-hydrogen) atoms. The van der Waals surface area contributed by atoms with E-state index in [1.807, 2.05) is 39.2 Å². The molecule has 1 fully saturated rings. The van der Waals surface area contributed by atoms with E-state index in [9.17, 15) is 4.79 Å².